The van der Waals surface area contributed by atoms with Crippen molar-refractivity contribution in [2.24, 2.45) is 0 Å². The fourth-order valence-electron chi connectivity index (χ4n) is 4.49. The summed E-state index contributed by atoms with van der Waals surface area (Å²) in [5.74, 6) is 0.454. The van der Waals surface area contributed by atoms with E-state index < -0.39 is 0 Å². The van der Waals surface area contributed by atoms with Gasteiger partial charge in [-0.25, -0.2) is 0 Å². The Morgan fingerprint density at radius 2 is 1.81 bits per heavy atom. The number of anilines is 2. The normalized spacial score (nSPS) is 13.2. The summed E-state index contributed by atoms with van der Waals surface area (Å²) in [6.45, 7) is 6.56. The zero-order valence-electron chi connectivity index (χ0n) is 20.9. The fourth-order valence-corrected chi connectivity index (χ4v) is 4.49. The lowest BCUT2D eigenvalue weighted by Crippen LogP contribution is -2.13. The average molecular weight is 480 g/mol. The van der Waals surface area contributed by atoms with Crippen molar-refractivity contribution in [1.82, 2.24) is 4.98 Å². The van der Waals surface area contributed by atoms with Crippen molar-refractivity contribution in [3.8, 4) is 17.0 Å². The molecule has 5 rings (SSSR count). The first-order valence-corrected chi connectivity index (χ1v) is 11.9. The van der Waals surface area contributed by atoms with Crippen LogP contribution >= 0.6 is 0 Å². The van der Waals surface area contributed by atoms with E-state index in [0.717, 1.165) is 44.7 Å². The second kappa shape index (κ2) is 9.04. The van der Waals surface area contributed by atoms with Crippen molar-refractivity contribution in [3.05, 3.63) is 83.4 Å². The van der Waals surface area contributed by atoms with Crippen LogP contribution in [0.3, 0.4) is 0 Å². The Labute approximate surface area is 210 Å². The van der Waals surface area contributed by atoms with Gasteiger partial charge in [-0.3, -0.25) is 9.59 Å². The lowest BCUT2D eigenvalue weighted by molar-refractivity contribution is -0.115. The fraction of sp³-hybridized carbons (Fsp3) is 0.200. The molecule has 1 aliphatic heterocycles. The Morgan fingerprint density at radius 1 is 1.03 bits per heavy atom. The quantitative estimate of drug-likeness (QED) is 0.301. The van der Waals surface area contributed by atoms with Crippen LogP contribution in [0.2, 0.25) is 0 Å². The highest BCUT2D eigenvalue weighted by Gasteiger charge is 2.24. The van der Waals surface area contributed by atoms with Crippen LogP contribution in [0.25, 0.3) is 28.2 Å². The van der Waals surface area contributed by atoms with Gasteiger partial charge < -0.3 is 20.4 Å². The SMILES string of the molecule is COc1ccc(NC(=O)/C=C/c2ccc3c(c2)-c2[nH]c4ccc(C(C)(C)C)cc4c2CC(=O)N3)cc1. The number of ether oxygens (including phenoxy) is 1. The van der Waals surface area contributed by atoms with E-state index in [1.54, 1.807) is 37.5 Å². The van der Waals surface area contributed by atoms with Gasteiger partial charge in [-0.1, -0.05) is 32.9 Å². The van der Waals surface area contributed by atoms with Gasteiger partial charge in [0.2, 0.25) is 11.8 Å². The maximum absolute atomic E-state index is 12.7. The predicted molar refractivity (Wildman–Crippen MR) is 145 cm³/mol. The van der Waals surface area contributed by atoms with Crippen molar-refractivity contribution in [2.75, 3.05) is 17.7 Å². The zero-order chi connectivity index (χ0) is 25.4. The zero-order valence-corrected chi connectivity index (χ0v) is 20.9. The highest BCUT2D eigenvalue weighted by Crippen LogP contribution is 2.39. The Morgan fingerprint density at radius 3 is 2.53 bits per heavy atom. The monoisotopic (exact) mass is 479 g/mol. The topological polar surface area (TPSA) is 83.2 Å². The molecular formula is C30H29N3O3. The number of amides is 2. The summed E-state index contributed by atoms with van der Waals surface area (Å²) >= 11 is 0. The van der Waals surface area contributed by atoms with Gasteiger partial charge in [-0.15, -0.1) is 0 Å². The third-order valence-corrected chi connectivity index (χ3v) is 6.48. The van der Waals surface area contributed by atoms with E-state index in [0.29, 0.717) is 12.1 Å². The molecule has 6 heteroatoms. The van der Waals surface area contributed by atoms with Crippen LogP contribution in [-0.4, -0.2) is 23.9 Å². The van der Waals surface area contributed by atoms with Gasteiger partial charge >= 0.3 is 0 Å². The van der Waals surface area contributed by atoms with Crippen LogP contribution < -0.4 is 15.4 Å². The molecule has 0 unspecified atom stereocenters. The molecule has 0 saturated heterocycles. The number of hydrogen-bond acceptors (Lipinski definition) is 3. The smallest absolute Gasteiger partial charge is 0.248 e. The predicted octanol–water partition coefficient (Wildman–Crippen LogP) is 6.29. The minimum Gasteiger partial charge on any atom is -0.497 e. The second-order valence-electron chi connectivity index (χ2n) is 10.1. The average Bonchev–Trinajstić information content (AvgIpc) is 3.13. The van der Waals surface area contributed by atoms with E-state index in [-0.39, 0.29) is 17.2 Å². The number of rotatable bonds is 4. The van der Waals surface area contributed by atoms with Crippen LogP contribution in [0, 0.1) is 0 Å². The summed E-state index contributed by atoms with van der Waals surface area (Å²) in [5, 5.41) is 6.94. The van der Waals surface area contributed by atoms with Crippen molar-refractivity contribution >= 4 is 40.2 Å². The van der Waals surface area contributed by atoms with E-state index in [9.17, 15) is 9.59 Å². The van der Waals surface area contributed by atoms with Gasteiger partial charge in [-0.05, 0) is 76.7 Å². The lowest BCUT2D eigenvalue weighted by Gasteiger charge is -2.19. The molecule has 6 nitrogen and oxygen atoms in total. The molecule has 1 aliphatic rings. The molecule has 2 heterocycles. The lowest BCUT2D eigenvalue weighted by atomic mass is 9.86. The largest absolute Gasteiger partial charge is 0.497 e. The van der Waals surface area contributed by atoms with Crippen molar-refractivity contribution in [1.29, 1.82) is 0 Å². The van der Waals surface area contributed by atoms with Gasteiger partial charge in [0, 0.05) is 28.2 Å². The third kappa shape index (κ3) is 4.62. The minimum absolute atomic E-state index is 0.00753. The van der Waals surface area contributed by atoms with Crippen LogP contribution in [-0.2, 0) is 21.4 Å². The summed E-state index contributed by atoms with van der Waals surface area (Å²) < 4.78 is 5.15. The Balaban J connectivity index is 1.47. The number of carbonyl (C=O) groups excluding carboxylic acids is 2. The number of nitrogens with one attached hydrogen (secondary N) is 3. The number of hydrogen-bond donors (Lipinski definition) is 3. The Bertz CT molecular complexity index is 1510. The molecule has 1 aromatic heterocycles. The van der Waals surface area contributed by atoms with E-state index in [1.807, 2.05) is 18.2 Å². The van der Waals surface area contributed by atoms with Gasteiger partial charge in [0.25, 0.3) is 0 Å². The maximum Gasteiger partial charge on any atom is 0.248 e. The molecule has 0 saturated carbocycles. The van der Waals surface area contributed by atoms with E-state index in [1.165, 1.54) is 11.6 Å². The first-order valence-electron chi connectivity index (χ1n) is 11.9. The van der Waals surface area contributed by atoms with Gasteiger partial charge in [0.1, 0.15) is 5.75 Å². The standard InChI is InChI=1S/C30H29N3O3/c1-30(2,3)19-7-13-25-22(16-19)23-17-28(35)32-26-12-5-18(15-24(26)29(23)33-25)6-14-27(34)31-20-8-10-21(36-4)11-9-20/h5-16,33H,17H2,1-4H3,(H,31,34)(H,32,35)/b14-6+. The number of H-pyrrole nitrogens is 1. The molecule has 4 aromatic rings. The summed E-state index contributed by atoms with van der Waals surface area (Å²) in [6, 6.07) is 19.4. The van der Waals surface area contributed by atoms with Crippen LogP contribution in [0.4, 0.5) is 11.4 Å². The number of carbonyl (C=O) groups is 2. The third-order valence-electron chi connectivity index (χ3n) is 6.48. The van der Waals surface area contributed by atoms with Gasteiger partial charge in [0.05, 0.1) is 24.9 Å². The summed E-state index contributed by atoms with van der Waals surface area (Å²) in [5.41, 5.74) is 7.36. The number of methoxy groups -OCH3 is 1. The molecule has 0 spiro atoms. The first-order chi connectivity index (χ1) is 17.2. The van der Waals surface area contributed by atoms with E-state index in [4.69, 9.17) is 4.74 Å². The van der Waals surface area contributed by atoms with Crippen LogP contribution in [0.15, 0.2) is 66.7 Å². The molecule has 3 aromatic carbocycles. The van der Waals surface area contributed by atoms with E-state index >= 15 is 0 Å². The molecule has 0 bridgehead atoms. The van der Waals surface area contributed by atoms with Crippen molar-refractivity contribution in [3.63, 3.8) is 0 Å². The molecular weight excluding hydrogens is 450 g/mol. The first kappa shape index (κ1) is 23.4. The highest BCUT2D eigenvalue weighted by molar-refractivity contribution is 6.06. The number of benzene rings is 3. The minimum atomic E-state index is -0.232. The highest BCUT2D eigenvalue weighted by atomic mass is 16.5. The van der Waals surface area contributed by atoms with Crippen LogP contribution in [0.1, 0.15) is 37.5 Å². The van der Waals surface area contributed by atoms with Crippen LogP contribution in [0.5, 0.6) is 5.75 Å². The second-order valence-corrected chi connectivity index (χ2v) is 10.1. The summed E-state index contributed by atoms with van der Waals surface area (Å²) in [4.78, 5) is 28.7. The Hall–Kier alpha value is -4.32. The van der Waals surface area contributed by atoms with Crippen molar-refractivity contribution < 1.29 is 14.3 Å². The van der Waals surface area contributed by atoms with Gasteiger partial charge in [-0.2, -0.15) is 0 Å². The molecule has 0 fully saturated rings. The summed E-state index contributed by atoms with van der Waals surface area (Å²) in [7, 11) is 1.60. The molecule has 2 amide bonds. The number of fused-ring (bicyclic) bond motifs is 5. The maximum atomic E-state index is 12.7. The number of aromatic amines is 1. The Kier molecular flexibility index (Phi) is 5.88. The molecule has 36 heavy (non-hydrogen) atoms. The molecule has 0 aliphatic carbocycles. The molecule has 0 atom stereocenters. The molecule has 182 valence electrons. The molecule has 3 N–H and O–H groups in total. The van der Waals surface area contributed by atoms with Gasteiger partial charge in [0.15, 0.2) is 0 Å². The molecule has 0 radical (unpaired) electrons. The summed E-state index contributed by atoms with van der Waals surface area (Å²) in [6.07, 6.45) is 3.57. The van der Waals surface area contributed by atoms with Crippen molar-refractivity contribution in [2.45, 2.75) is 32.6 Å². The number of aromatic nitrogens is 1. The van der Waals surface area contributed by atoms with E-state index in [2.05, 4.69) is 54.6 Å².